The topological polar surface area (TPSA) is 138 Å². The Morgan fingerprint density at radius 1 is 0.743 bits per heavy atom. The van der Waals surface area contributed by atoms with Crippen LogP contribution in [0.3, 0.4) is 0 Å². The number of para-hydroxylation sites is 2. The predicted molar refractivity (Wildman–Crippen MR) is 124 cm³/mol. The number of ether oxygens (including phenoxy) is 4. The van der Waals surface area contributed by atoms with Crippen molar-refractivity contribution >= 4 is 28.9 Å². The van der Waals surface area contributed by atoms with Gasteiger partial charge in [0.15, 0.2) is 11.2 Å². The predicted octanol–water partition coefficient (Wildman–Crippen LogP) is 3.04. The molecule has 4 heterocycles. The number of non-ortho nitro benzene ring substituents is 1. The van der Waals surface area contributed by atoms with E-state index in [0.29, 0.717) is 63.5 Å². The van der Waals surface area contributed by atoms with Crippen LogP contribution in [0, 0.1) is 10.1 Å². The van der Waals surface area contributed by atoms with Crippen molar-refractivity contribution in [1.29, 1.82) is 0 Å². The van der Waals surface area contributed by atoms with Gasteiger partial charge in [0.1, 0.15) is 11.5 Å². The smallest absolute Gasteiger partial charge is 0.271 e. The van der Waals surface area contributed by atoms with Gasteiger partial charge in [-0.2, -0.15) is 0 Å². The number of rotatable bonds is 1. The molecule has 2 aromatic carbocycles. The summed E-state index contributed by atoms with van der Waals surface area (Å²) in [7, 11) is 0. The van der Waals surface area contributed by atoms with Crippen molar-refractivity contribution in [2.45, 2.75) is 36.9 Å². The fourth-order valence-corrected chi connectivity index (χ4v) is 4.52. The number of fused-ring (bicyclic) bond motifs is 2. The van der Waals surface area contributed by atoms with Crippen LogP contribution in [-0.2, 0) is 19.1 Å². The van der Waals surface area contributed by atoms with Crippen molar-refractivity contribution in [3.05, 3.63) is 52.6 Å². The van der Waals surface area contributed by atoms with Crippen LogP contribution in [0.15, 0.2) is 42.5 Å². The average molecular weight is 483 g/mol. The molecule has 0 radical (unpaired) electrons. The summed E-state index contributed by atoms with van der Waals surface area (Å²) in [6.07, 6.45) is 2.20. The minimum absolute atomic E-state index is 0.0468. The van der Waals surface area contributed by atoms with Gasteiger partial charge in [0.25, 0.3) is 17.5 Å². The Kier molecular flexibility index (Phi) is 6.03. The maximum atomic E-state index is 12.2. The first-order valence-corrected chi connectivity index (χ1v) is 11.4. The Morgan fingerprint density at radius 3 is 1.83 bits per heavy atom. The molecule has 0 atom stereocenters. The largest absolute Gasteiger partial charge is 0.475 e. The van der Waals surface area contributed by atoms with Crippen molar-refractivity contribution in [2.75, 3.05) is 37.1 Å². The van der Waals surface area contributed by atoms with E-state index in [0.717, 1.165) is 11.4 Å². The number of hydrogen-bond donors (Lipinski definition) is 2. The van der Waals surface area contributed by atoms with Crippen LogP contribution >= 0.6 is 0 Å². The number of carbonyl (C=O) groups is 2. The first-order chi connectivity index (χ1) is 16.9. The van der Waals surface area contributed by atoms with Crippen LogP contribution in [0.4, 0.5) is 17.1 Å². The SMILES string of the molecule is O=C1Nc2cc([N+](=O)[O-])ccc2OC12CCOCC2.O=C1Nc2ccccc2OC12CCOCC2. The quantitative estimate of drug-likeness (QED) is 0.466. The lowest BCUT2D eigenvalue weighted by Gasteiger charge is -2.39. The third kappa shape index (κ3) is 4.40. The van der Waals surface area contributed by atoms with Gasteiger partial charge in [-0.25, -0.2) is 0 Å². The molecule has 35 heavy (non-hydrogen) atoms. The van der Waals surface area contributed by atoms with Gasteiger partial charge in [-0.3, -0.25) is 19.7 Å². The second-order valence-electron chi connectivity index (χ2n) is 8.76. The molecule has 0 aliphatic carbocycles. The van der Waals surface area contributed by atoms with E-state index < -0.39 is 16.1 Å². The molecule has 0 unspecified atom stereocenters. The van der Waals surface area contributed by atoms with Gasteiger partial charge >= 0.3 is 0 Å². The molecule has 11 nitrogen and oxygen atoms in total. The first-order valence-electron chi connectivity index (χ1n) is 11.4. The zero-order valence-corrected chi connectivity index (χ0v) is 18.9. The molecule has 0 bridgehead atoms. The van der Waals surface area contributed by atoms with Crippen LogP contribution in [0.2, 0.25) is 0 Å². The maximum Gasteiger partial charge on any atom is 0.271 e. The summed E-state index contributed by atoms with van der Waals surface area (Å²) in [5, 5.41) is 16.3. The molecule has 0 saturated carbocycles. The van der Waals surface area contributed by atoms with Crippen molar-refractivity contribution < 1.29 is 33.5 Å². The molecule has 4 aliphatic heterocycles. The van der Waals surface area contributed by atoms with E-state index >= 15 is 0 Å². The number of anilines is 2. The highest BCUT2D eigenvalue weighted by atomic mass is 16.6. The lowest BCUT2D eigenvalue weighted by Crippen LogP contribution is -2.54. The molecule has 2 saturated heterocycles. The van der Waals surface area contributed by atoms with Gasteiger partial charge in [-0.1, -0.05) is 12.1 Å². The minimum Gasteiger partial charge on any atom is -0.475 e. The molecular formula is C24H25N3O8. The van der Waals surface area contributed by atoms with Gasteiger partial charge in [0, 0.05) is 37.8 Å². The summed E-state index contributed by atoms with van der Waals surface area (Å²) >= 11 is 0. The molecule has 2 amide bonds. The Balaban J connectivity index is 0.000000147. The maximum absolute atomic E-state index is 12.2. The van der Waals surface area contributed by atoms with E-state index in [2.05, 4.69) is 10.6 Å². The molecule has 2 spiro atoms. The van der Waals surface area contributed by atoms with E-state index in [1.165, 1.54) is 18.2 Å². The van der Waals surface area contributed by atoms with Crippen molar-refractivity contribution in [2.24, 2.45) is 0 Å². The fourth-order valence-electron chi connectivity index (χ4n) is 4.52. The van der Waals surface area contributed by atoms with Gasteiger partial charge in [-0.05, 0) is 18.2 Å². The highest BCUT2D eigenvalue weighted by Crippen LogP contribution is 2.40. The van der Waals surface area contributed by atoms with Gasteiger partial charge in [0.05, 0.1) is 42.7 Å². The van der Waals surface area contributed by atoms with E-state index in [4.69, 9.17) is 18.9 Å². The summed E-state index contributed by atoms with van der Waals surface area (Å²) in [4.78, 5) is 34.4. The van der Waals surface area contributed by atoms with Crippen molar-refractivity contribution in [3.8, 4) is 11.5 Å². The lowest BCUT2D eigenvalue weighted by atomic mass is 9.91. The Labute approximate surface area is 200 Å². The number of amides is 2. The van der Waals surface area contributed by atoms with Gasteiger partial charge in [0.2, 0.25) is 0 Å². The number of nitro groups is 1. The molecule has 2 aromatic rings. The molecule has 6 rings (SSSR count). The summed E-state index contributed by atoms with van der Waals surface area (Å²) in [5.74, 6) is 0.911. The Morgan fingerprint density at radius 2 is 1.26 bits per heavy atom. The number of carbonyl (C=O) groups excluding carboxylic acids is 2. The lowest BCUT2D eigenvalue weighted by molar-refractivity contribution is -0.384. The van der Waals surface area contributed by atoms with Gasteiger partial charge < -0.3 is 29.6 Å². The normalized spacial score (nSPS) is 21.1. The summed E-state index contributed by atoms with van der Waals surface area (Å²) < 4.78 is 22.2. The standard InChI is InChI=1S/C12H12N2O5.C12H13NO3/c15-11-12(3-5-18-6-4-12)19-10-2-1-8(14(16)17)7-9(10)13-11;14-11-12(5-7-15-8-6-12)16-10-4-2-1-3-9(10)13-11/h1-2,7H,3-6H2,(H,13,15);1-4H,5-8H2,(H,13,14). The van der Waals surface area contributed by atoms with Crippen LogP contribution in [0.1, 0.15) is 25.7 Å². The molecule has 184 valence electrons. The van der Waals surface area contributed by atoms with Crippen molar-refractivity contribution in [1.82, 2.24) is 0 Å². The van der Waals surface area contributed by atoms with E-state index in [9.17, 15) is 19.7 Å². The second kappa shape index (κ2) is 9.16. The van der Waals surface area contributed by atoms with Crippen LogP contribution in [0.25, 0.3) is 0 Å². The molecular weight excluding hydrogens is 458 g/mol. The number of nitrogens with zero attached hydrogens (tertiary/aromatic N) is 1. The molecule has 4 aliphatic rings. The molecule has 11 heteroatoms. The minimum atomic E-state index is -0.901. The fraction of sp³-hybridized carbons (Fsp3) is 0.417. The van der Waals surface area contributed by atoms with E-state index in [-0.39, 0.29) is 17.5 Å². The monoisotopic (exact) mass is 483 g/mol. The first kappa shape index (κ1) is 23.1. The highest BCUT2D eigenvalue weighted by Gasteiger charge is 2.47. The average Bonchev–Trinajstić information content (AvgIpc) is 2.87. The van der Waals surface area contributed by atoms with Gasteiger partial charge in [-0.15, -0.1) is 0 Å². The number of benzene rings is 2. The third-order valence-electron chi connectivity index (χ3n) is 6.60. The zero-order valence-electron chi connectivity index (χ0n) is 18.9. The Hall–Kier alpha value is -3.70. The summed E-state index contributed by atoms with van der Waals surface area (Å²) in [6, 6.07) is 11.7. The second-order valence-corrected chi connectivity index (χ2v) is 8.76. The summed E-state index contributed by atoms with van der Waals surface area (Å²) in [6.45, 7) is 2.09. The molecule has 2 N–H and O–H groups in total. The summed E-state index contributed by atoms with van der Waals surface area (Å²) in [5.41, 5.74) is -0.597. The Bertz CT molecular complexity index is 1160. The highest BCUT2D eigenvalue weighted by molar-refractivity contribution is 6.01. The van der Waals surface area contributed by atoms with Crippen LogP contribution in [-0.4, -0.2) is 54.4 Å². The number of hydrogen-bond acceptors (Lipinski definition) is 8. The van der Waals surface area contributed by atoms with Crippen LogP contribution < -0.4 is 20.1 Å². The number of nitro benzene ring substituents is 1. The van der Waals surface area contributed by atoms with E-state index in [1.807, 2.05) is 24.3 Å². The van der Waals surface area contributed by atoms with E-state index in [1.54, 1.807) is 0 Å². The zero-order chi connectivity index (χ0) is 24.5. The molecule has 2 fully saturated rings. The van der Waals surface area contributed by atoms with Crippen molar-refractivity contribution in [3.63, 3.8) is 0 Å². The number of nitrogens with one attached hydrogen (secondary N) is 2. The van der Waals surface area contributed by atoms with Crippen LogP contribution in [0.5, 0.6) is 11.5 Å². The molecule has 0 aromatic heterocycles. The third-order valence-corrected chi connectivity index (χ3v) is 6.60.